The van der Waals surface area contributed by atoms with E-state index in [4.69, 9.17) is 9.47 Å². The van der Waals surface area contributed by atoms with Gasteiger partial charge in [-0.2, -0.15) is 0 Å². The third kappa shape index (κ3) is 9.60. The van der Waals surface area contributed by atoms with E-state index in [0.717, 1.165) is 0 Å². The fraction of sp³-hybridized carbons (Fsp3) is 0.692. The number of ether oxygens (including phenoxy) is 2. The molecule has 0 amide bonds. The van der Waals surface area contributed by atoms with Crippen LogP contribution in [0.5, 0.6) is 0 Å². The van der Waals surface area contributed by atoms with Crippen LogP contribution in [0, 0.1) is 5.92 Å². The van der Waals surface area contributed by atoms with E-state index in [9.17, 15) is 9.59 Å². The number of rotatable bonds is 8. The molecule has 4 heteroatoms. The van der Waals surface area contributed by atoms with Crippen LogP contribution >= 0.6 is 0 Å². The molecule has 0 aliphatic carbocycles. The summed E-state index contributed by atoms with van der Waals surface area (Å²) in [5, 5.41) is 0. The zero-order chi connectivity index (χ0) is 13.3. The molecule has 0 aromatic carbocycles. The Hall–Kier alpha value is -1.32. The number of carbonyl (C=O) groups excluding carboxylic acids is 2. The van der Waals surface area contributed by atoms with Crippen LogP contribution in [0.3, 0.4) is 0 Å². The molecule has 0 aromatic rings. The minimum Gasteiger partial charge on any atom is -0.466 e. The Kier molecular flexibility index (Phi) is 8.11. The first-order chi connectivity index (χ1) is 7.93. The SMILES string of the molecule is C=C(C)C(=O)OCCCCOC(=O)CC(C)C. The first-order valence-corrected chi connectivity index (χ1v) is 5.91. The van der Waals surface area contributed by atoms with Gasteiger partial charge in [0.1, 0.15) is 0 Å². The molecule has 0 N–H and O–H groups in total. The van der Waals surface area contributed by atoms with Crippen molar-refractivity contribution in [3.63, 3.8) is 0 Å². The van der Waals surface area contributed by atoms with E-state index in [2.05, 4.69) is 6.58 Å². The summed E-state index contributed by atoms with van der Waals surface area (Å²) in [5.74, 6) is -0.222. The average Bonchev–Trinajstić information content (AvgIpc) is 2.21. The van der Waals surface area contributed by atoms with Crippen molar-refractivity contribution in [2.75, 3.05) is 13.2 Å². The standard InChI is InChI=1S/C13H22O4/c1-10(2)9-12(14)16-7-5-6-8-17-13(15)11(3)4/h10H,3,5-9H2,1-2,4H3. The normalized spacial score (nSPS) is 10.1. The molecule has 0 aromatic heterocycles. The van der Waals surface area contributed by atoms with Gasteiger partial charge in [-0.3, -0.25) is 4.79 Å². The molecule has 0 saturated carbocycles. The fourth-order valence-corrected chi connectivity index (χ4v) is 1.07. The van der Waals surface area contributed by atoms with Gasteiger partial charge in [0, 0.05) is 12.0 Å². The van der Waals surface area contributed by atoms with Crippen molar-refractivity contribution in [1.29, 1.82) is 0 Å². The van der Waals surface area contributed by atoms with Crippen molar-refractivity contribution in [3.05, 3.63) is 12.2 Å². The third-order valence-electron chi connectivity index (χ3n) is 1.96. The third-order valence-corrected chi connectivity index (χ3v) is 1.96. The quantitative estimate of drug-likeness (QED) is 0.373. The zero-order valence-corrected chi connectivity index (χ0v) is 11.0. The van der Waals surface area contributed by atoms with Gasteiger partial charge in [0.15, 0.2) is 0 Å². The lowest BCUT2D eigenvalue weighted by molar-refractivity contribution is -0.145. The van der Waals surface area contributed by atoms with Crippen LogP contribution in [0.15, 0.2) is 12.2 Å². The first kappa shape index (κ1) is 15.7. The first-order valence-electron chi connectivity index (χ1n) is 5.91. The molecule has 0 unspecified atom stereocenters. The van der Waals surface area contributed by atoms with Gasteiger partial charge < -0.3 is 9.47 Å². The molecule has 98 valence electrons. The Morgan fingerprint density at radius 1 is 1.12 bits per heavy atom. The maximum absolute atomic E-state index is 11.2. The molecule has 0 atom stereocenters. The van der Waals surface area contributed by atoms with E-state index in [1.807, 2.05) is 13.8 Å². The van der Waals surface area contributed by atoms with Gasteiger partial charge >= 0.3 is 11.9 Å². The zero-order valence-electron chi connectivity index (χ0n) is 11.0. The van der Waals surface area contributed by atoms with Crippen molar-refractivity contribution in [2.24, 2.45) is 5.92 Å². The number of unbranched alkanes of at least 4 members (excludes halogenated alkanes) is 1. The molecule has 4 nitrogen and oxygen atoms in total. The number of esters is 2. The lowest BCUT2D eigenvalue weighted by Crippen LogP contribution is -2.10. The highest BCUT2D eigenvalue weighted by atomic mass is 16.5. The summed E-state index contributed by atoms with van der Waals surface area (Å²) in [6, 6.07) is 0. The van der Waals surface area contributed by atoms with Crippen molar-refractivity contribution < 1.29 is 19.1 Å². The van der Waals surface area contributed by atoms with Crippen LogP contribution in [0.25, 0.3) is 0 Å². The van der Waals surface area contributed by atoms with E-state index in [-0.39, 0.29) is 11.9 Å². The maximum Gasteiger partial charge on any atom is 0.333 e. The highest BCUT2D eigenvalue weighted by Crippen LogP contribution is 2.02. The van der Waals surface area contributed by atoms with E-state index in [1.54, 1.807) is 6.92 Å². The minimum absolute atomic E-state index is 0.168. The van der Waals surface area contributed by atoms with Crippen LogP contribution in [0.2, 0.25) is 0 Å². The van der Waals surface area contributed by atoms with Crippen molar-refractivity contribution >= 4 is 11.9 Å². The maximum atomic E-state index is 11.2. The smallest absolute Gasteiger partial charge is 0.333 e. The lowest BCUT2D eigenvalue weighted by Gasteiger charge is -2.07. The lowest BCUT2D eigenvalue weighted by atomic mass is 10.1. The van der Waals surface area contributed by atoms with Gasteiger partial charge in [-0.1, -0.05) is 20.4 Å². The van der Waals surface area contributed by atoms with Crippen molar-refractivity contribution in [1.82, 2.24) is 0 Å². The molecule has 0 radical (unpaired) electrons. The molecule has 0 aliphatic rings. The Labute approximate surface area is 103 Å². The molecule has 0 fully saturated rings. The summed E-state index contributed by atoms with van der Waals surface area (Å²) >= 11 is 0. The largest absolute Gasteiger partial charge is 0.466 e. The minimum atomic E-state index is -0.373. The van der Waals surface area contributed by atoms with Crippen LogP contribution in [-0.4, -0.2) is 25.2 Å². The van der Waals surface area contributed by atoms with Gasteiger partial charge in [0.2, 0.25) is 0 Å². The molecule has 0 heterocycles. The number of hydrogen-bond donors (Lipinski definition) is 0. The second kappa shape index (κ2) is 8.79. The van der Waals surface area contributed by atoms with Crippen LogP contribution in [0.1, 0.15) is 40.0 Å². The molecular weight excluding hydrogens is 220 g/mol. The summed E-state index contributed by atoms with van der Waals surface area (Å²) in [6.45, 7) is 9.75. The van der Waals surface area contributed by atoms with Crippen LogP contribution < -0.4 is 0 Å². The van der Waals surface area contributed by atoms with Crippen LogP contribution in [-0.2, 0) is 19.1 Å². The second-order valence-corrected chi connectivity index (χ2v) is 4.44. The Morgan fingerprint density at radius 2 is 1.65 bits per heavy atom. The van der Waals surface area contributed by atoms with Crippen LogP contribution in [0.4, 0.5) is 0 Å². The van der Waals surface area contributed by atoms with E-state index in [0.29, 0.717) is 44.0 Å². The summed E-state index contributed by atoms with van der Waals surface area (Å²) in [7, 11) is 0. The monoisotopic (exact) mass is 242 g/mol. The number of hydrogen-bond acceptors (Lipinski definition) is 4. The average molecular weight is 242 g/mol. The Morgan fingerprint density at radius 3 is 2.12 bits per heavy atom. The van der Waals surface area contributed by atoms with E-state index < -0.39 is 0 Å². The molecule has 0 rings (SSSR count). The van der Waals surface area contributed by atoms with Gasteiger partial charge in [-0.05, 0) is 25.7 Å². The molecule has 0 saturated heterocycles. The predicted molar refractivity (Wildman–Crippen MR) is 65.4 cm³/mol. The van der Waals surface area contributed by atoms with Gasteiger partial charge in [-0.15, -0.1) is 0 Å². The molecule has 0 aliphatic heterocycles. The topological polar surface area (TPSA) is 52.6 Å². The molecule has 17 heavy (non-hydrogen) atoms. The van der Waals surface area contributed by atoms with Crippen molar-refractivity contribution in [3.8, 4) is 0 Å². The summed E-state index contributed by atoms with van der Waals surface area (Å²) in [6.07, 6.45) is 1.84. The van der Waals surface area contributed by atoms with E-state index in [1.165, 1.54) is 0 Å². The summed E-state index contributed by atoms with van der Waals surface area (Å²) in [4.78, 5) is 22.2. The second-order valence-electron chi connectivity index (χ2n) is 4.44. The molecule has 0 spiro atoms. The summed E-state index contributed by atoms with van der Waals surface area (Å²) < 4.78 is 9.91. The van der Waals surface area contributed by atoms with Gasteiger partial charge in [-0.25, -0.2) is 4.79 Å². The number of carbonyl (C=O) groups is 2. The van der Waals surface area contributed by atoms with Gasteiger partial charge in [0.05, 0.1) is 13.2 Å². The molecular formula is C13H22O4. The molecule has 0 bridgehead atoms. The van der Waals surface area contributed by atoms with E-state index >= 15 is 0 Å². The fourth-order valence-electron chi connectivity index (χ4n) is 1.07. The van der Waals surface area contributed by atoms with Crippen molar-refractivity contribution in [2.45, 2.75) is 40.0 Å². The Balaban J connectivity index is 3.38. The highest BCUT2D eigenvalue weighted by Gasteiger charge is 2.06. The van der Waals surface area contributed by atoms with Gasteiger partial charge in [0.25, 0.3) is 0 Å². The summed E-state index contributed by atoms with van der Waals surface area (Å²) in [5.41, 5.74) is 0.397. The predicted octanol–water partition coefficient (Wildman–Crippen LogP) is 2.48. The highest BCUT2D eigenvalue weighted by molar-refractivity contribution is 5.86. The Bertz CT molecular complexity index is 269.